The molecule has 2 atom stereocenters. The molecule has 2 unspecified atom stereocenters. The Bertz CT molecular complexity index is 1790. The number of carbonyl (C=O) groups excluding carboxylic acids is 2. The number of carboxylic acids is 2. The van der Waals surface area contributed by atoms with E-state index in [9.17, 15) is 29.4 Å². The number of anilines is 2. The average Bonchev–Trinajstić information content (AvgIpc) is 3.02. The van der Waals surface area contributed by atoms with Crippen LogP contribution in [0.4, 0.5) is 11.8 Å². The van der Waals surface area contributed by atoms with Gasteiger partial charge in [-0.05, 0) is 49.1 Å². The van der Waals surface area contributed by atoms with Gasteiger partial charge in [-0.3, -0.25) is 9.59 Å². The molecule has 14 heteroatoms. The summed E-state index contributed by atoms with van der Waals surface area (Å²) in [6.45, 7) is 0.0763. The van der Waals surface area contributed by atoms with E-state index in [1.807, 2.05) is 0 Å². The number of aliphatic carboxylic acids is 1. The fourth-order valence-electron chi connectivity index (χ4n) is 4.66. The maximum absolute atomic E-state index is 12.9. The lowest BCUT2D eigenvalue weighted by Crippen LogP contribution is -2.41. The molecule has 2 amide bonds. The normalized spacial score (nSPS) is 12.1. The first-order chi connectivity index (χ1) is 21.6. The number of fused-ring (bicyclic) bond motifs is 1. The van der Waals surface area contributed by atoms with Crippen LogP contribution in [-0.2, 0) is 11.2 Å². The Labute approximate surface area is 257 Å². The first kappa shape index (κ1) is 31.8. The van der Waals surface area contributed by atoms with Gasteiger partial charge in [-0.25, -0.2) is 19.6 Å². The van der Waals surface area contributed by atoms with Crippen LogP contribution in [0, 0.1) is 12.3 Å². The van der Waals surface area contributed by atoms with Crippen molar-refractivity contribution in [1.29, 1.82) is 0 Å². The number of terminal acetylenes is 1. The van der Waals surface area contributed by atoms with Crippen molar-refractivity contribution in [3.8, 4) is 12.3 Å². The van der Waals surface area contributed by atoms with Crippen LogP contribution in [0.15, 0.2) is 54.7 Å². The zero-order valence-electron chi connectivity index (χ0n) is 23.9. The van der Waals surface area contributed by atoms with Gasteiger partial charge >= 0.3 is 11.9 Å². The molecule has 4 rings (SSSR count). The van der Waals surface area contributed by atoms with Gasteiger partial charge in [0.05, 0.1) is 23.0 Å². The van der Waals surface area contributed by atoms with Crippen molar-refractivity contribution >= 4 is 46.7 Å². The maximum atomic E-state index is 12.9. The lowest BCUT2D eigenvalue weighted by atomic mass is 9.91. The Morgan fingerprint density at radius 2 is 1.64 bits per heavy atom. The summed E-state index contributed by atoms with van der Waals surface area (Å²) >= 11 is 0. The van der Waals surface area contributed by atoms with Crippen LogP contribution in [0.1, 0.15) is 67.5 Å². The summed E-state index contributed by atoms with van der Waals surface area (Å²) in [7, 11) is 0. The fraction of sp³-hybridized carbons (Fsp3) is 0.226. The van der Waals surface area contributed by atoms with Crippen molar-refractivity contribution in [2.45, 2.75) is 37.6 Å². The van der Waals surface area contributed by atoms with Gasteiger partial charge in [-0.2, -0.15) is 9.97 Å². The summed E-state index contributed by atoms with van der Waals surface area (Å²) in [5.74, 6) is -1.05. The molecule has 0 bridgehead atoms. The monoisotopic (exact) mass is 610 g/mol. The van der Waals surface area contributed by atoms with Gasteiger partial charge in [0.25, 0.3) is 11.8 Å². The van der Waals surface area contributed by atoms with Crippen LogP contribution in [0.5, 0.6) is 0 Å². The van der Waals surface area contributed by atoms with Gasteiger partial charge < -0.3 is 32.3 Å². The van der Waals surface area contributed by atoms with Crippen molar-refractivity contribution in [2.75, 3.05) is 18.0 Å². The van der Waals surface area contributed by atoms with Crippen molar-refractivity contribution in [2.24, 2.45) is 0 Å². The van der Waals surface area contributed by atoms with Crippen molar-refractivity contribution in [1.82, 2.24) is 30.6 Å². The molecule has 8 N–H and O–H groups in total. The predicted molar refractivity (Wildman–Crippen MR) is 164 cm³/mol. The van der Waals surface area contributed by atoms with E-state index >= 15 is 0 Å². The Morgan fingerprint density at radius 1 is 0.933 bits per heavy atom. The third kappa shape index (κ3) is 8.05. The van der Waals surface area contributed by atoms with Gasteiger partial charge in [0.2, 0.25) is 5.95 Å². The molecule has 14 nitrogen and oxygen atoms in total. The first-order valence-corrected chi connectivity index (χ1v) is 13.8. The van der Waals surface area contributed by atoms with E-state index in [1.165, 1.54) is 18.2 Å². The van der Waals surface area contributed by atoms with Crippen molar-refractivity contribution in [3.05, 3.63) is 82.7 Å². The second-order valence-electron chi connectivity index (χ2n) is 10.0. The molecule has 0 saturated carbocycles. The lowest BCUT2D eigenvalue weighted by Gasteiger charge is -2.17. The van der Waals surface area contributed by atoms with Gasteiger partial charge in [0.1, 0.15) is 6.04 Å². The summed E-state index contributed by atoms with van der Waals surface area (Å²) in [4.78, 5) is 65.2. The Hall–Kier alpha value is -6.10. The molecule has 0 aliphatic carbocycles. The average molecular weight is 611 g/mol. The number of carbonyl (C=O) groups is 4. The smallest absolute Gasteiger partial charge is 0.336 e. The number of carboxylic acid groups (broad SMARTS) is 2. The first-order valence-electron chi connectivity index (χ1n) is 13.8. The largest absolute Gasteiger partial charge is 0.480 e. The molecule has 0 radical (unpaired) electrons. The van der Waals surface area contributed by atoms with Crippen LogP contribution in [-0.4, -0.2) is 66.5 Å². The minimum absolute atomic E-state index is 0.00360. The molecule has 0 fully saturated rings. The third-order valence-corrected chi connectivity index (χ3v) is 6.93. The predicted octanol–water partition coefficient (Wildman–Crippen LogP) is 2.03. The van der Waals surface area contributed by atoms with E-state index in [1.54, 1.807) is 36.5 Å². The molecule has 230 valence electrons. The van der Waals surface area contributed by atoms with Crippen LogP contribution in [0.3, 0.4) is 0 Å². The van der Waals surface area contributed by atoms with E-state index in [0.29, 0.717) is 24.1 Å². The minimum Gasteiger partial charge on any atom is -0.480 e. The van der Waals surface area contributed by atoms with Crippen LogP contribution < -0.4 is 22.1 Å². The number of aromatic carboxylic acids is 1. The molecule has 2 aromatic heterocycles. The molecule has 0 aliphatic heterocycles. The summed E-state index contributed by atoms with van der Waals surface area (Å²) in [6.07, 6.45) is 8.22. The van der Waals surface area contributed by atoms with E-state index in [4.69, 9.17) is 17.9 Å². The molecule has 2 heterocycles. The number of nitrogens with one attached hydrogen (secondary N) is 2. The van der Waals surface area contributed by atoms with Gasteiger partial charge in [-0.1, -0.05) is 24.3 Å². The summed E-state index contributed by atoms with van der Waals surface area (Å²) in [5.41, 5.74) is 13.7. The number of benzene rings is 2. The molecule has 0 spiro atoms. The van der Waals surface area contributed by atoms with Gasteiger partial charge in [0, 0.05) is 24.4 Å². The van der Waals surface area contributed by atoms with E-state index in [2.05, 4.69) is 36.5 Å². The molecule has 0 aliphatic rings. The zero-order valence-corrected chi connectivity index (χ0v) is 23.9. The summed E-state index contributed by atoms with van der Waals surface area (Å²) in [6, 6.07) is 11.2. The van der Waals surface area contributed by atoms with Gasteiger partial charge in [-0.15, -0.1) is 12.3 Å². The van der Waals surface area contributed by atoms with Crippen LogP contribution >= 0.6 is 0 Å². The topological polar surface area (TPSA) is 236 Å². The number of hydrogen-bond acceptors (Lipinski definition) is 10. The lowest BCUT2D eigenvalue weighted by molar-refractivity contribution is -0.139. The van der Waals surface area contributed by atoms with Crippen molar-refractivity contribution in [3.63, 3.8) is 0 Å². The van der Waals surface area contributed by atoms with Gasteiger partial charge in [0.15, 0.2) is 17.0 Å². The second kappa shape index (κ2) is 14.4. The number of rotatable bonds is 13. The highest BCUT2D eigenvalue weighted by molar-refractivity contribution is 6.04. The van der Waals surface area contributed by atoms with Crippen LogP contribution in [0.25, 0.3) is 11.2 Å². The highest BCUT2D eigenvalue weighted by atomic mass is 16.4. The van der Waals surface area contributed by atoms with Crippen molar-refractivity contribution < 1.29 is 29.4 Å². The second-order valence-corrected chi connectivity index (χ2v) is 10.0. The maximum Gasteiger partial charge on any atom is 0.336 e. The molecule has 4 aromatic rings. The third-order valence-electron chi connectivity index (χ3n) is 6.93. The van der Waals surface area contributed by atoms with E-state index in [-0.39, 0.29) is 59.4 Å². The number of amides is 2. The highest BCUT2D eigenvalue weighted by Crippen LogP contribution is 2.25. The number of nitrogen functional groups attached to an aromatic ring is 2. The standard InChI is InChI=1S/C31H30N8O6/c1-2-6-19(15-20-16-35-26-24(36-20)25(32)38-31(33)39-26)17-10-12-18(13-11-17)27(40)37-23(30(44)45)9-5-14-34-28(41)21-7-3-4-8-22(21)29(42)43/h1,3-4,7-8,10-13,16,19,23H,5-6,9,14-15H2,(H,34,41)(H,37,40)(H,42,43)(H,44,45)(H4,32,33,35,38,39). The number of nitrogens with two attached hydrogens (primary N) is 2. The molecule has 2 aromatic carbocycles. The van der Waals surface area contributed by atoms with E-state index < -0.39 is 29.8 Å². The SMILES string of the molecule is C#CCC(Cc1cnc2nc(N)nc(N)c2n1)c1ccc(C(=O)NC(CCCNC(=O)c2ccccc2C(=O)O)C(=O)O)cc1. The highest BCUT2D eigenvalue weighted by Gasteiger charge is 2.22. The Balaban J connectivity index is 1.35. The van der Waals surface area contributed by atoms with Crippen LogP contribution in [0.2, 0.25) is 0 Å². The Morgan fingerprint density at radius 3 is 2.31 bits per heavy atom. The minimum atomic E-state index is -1.24. The number of aromatic nitrogens is 4. The Kier molecular flexibility index (Phi) is 10.2. The summed E-state index contributed by atoms with van der Waals surface area (Å²) < 4.78 is 0. The molecular formula is C31H30N8O6. The summed E-state index contributed by atoms with van der Waals surface area (Å²) in [5, 5.41) is 24.0. The molecular weight excluding hydrogens is 580 g/mol. The molecule has 0 saturated heterocycles. The number of hydrogen-bond donors (Lipinski definition) is 6. The number of nitrogens with zero attached hydrogens (tertiary/aromatic N) is 4. The zero-order chi connectivity index (χ0) is 32.5. The fourth-order valence-corrected chi connectivity index (χ4v) is 4.66. The van der Waals surface area contributed by atoms with E-state index in [0.717, 1.165) is 5.56 Å². The quantitative estimate of drug-likeness (QED) is 0.0942. The molecule has 45 heavy (non-hydrogen) atoms.